The topological polar surface area (TPSA) is 71.3 Å². The molecule has 0 spiro atoms. The summed E-state index contributed by atoms with van der Waals surface area (Å²) >= 11 is 3.41. The molecule has 3 heterocycles. The van der Waals surface area contributed by atoms with Crippen molar-refractivity contribution < 1.29 is 4.79 Å². The highest BCUT2D eigenvalue weighted by molar-refractivity contribution is 9.10. The fourth-order valence-electron chi connectivity index (χ4n) is 2.65. The van der Waals surface area contributed by atoms with Crippen molar-refractivity contribution >= 4 is 33.4 Å². The lowest BCUT2D eigenvalue weighted by Crippen LogP contribution is -2.38. The molecule has 0 unspecified atom stereocenters. The van der Waals surface area contributed by atoms with Crippen molar-refractivity contribution in [2.24, 2.45) is 0 Å². The molecule has 7 heteroatoms. The van der Waals surface area contributed by atoms with E-state index < -0.39 is 0 Å². The van der Waals surface area contributed by atoms with Gasteiger partial charge in [0.25, 0.3) is 0 Å². The number of anilines is 1. The third-order valence-corrected chi connectivity index (χ3v) is 4.44. The Morgan fingerprint density at radius 2 is 2.13 bits per heavy atom. The summed E-state index contributed by atoms with van der Waals surface area (Å²) in [6, 6.07) is 7.41. The lowest BCUT2D eigenvalue weighted by Gasteiger charge is -2.17. The fourth-order valence-corrected chi connectivity index (χ4v) is 3.00. The van der Waals surface area contributed by atoms with Crippen LogP contribution < -0.4 is 10.6 Å². The van der Waals surface area contributed by atoms with Crippen LogP contribution in [0.2, 0.25) is 0 Å². The van der Waals surface area contributed by atoms with E-state index in [2.05, 4.69) is 36.5 Å². The van der Waals surface area contributed by atoms with Crippen LogP contribution in [0.4, 0.5) is 10.6 Å². The summed E-state index contributed by atoms with van der Waals surface area (Å²) in [5, 5.41) is 5.84. The molecule has 6 nitrogen and oxygen atoms in total. The summed E-state index contributed by atoms with van der Waals surface area (Å²) in [5.41, 5.74) is 1.52. The van der Waals surface area contributed by atoms with Crippen LogP contribution in [0.5, 0.6) is 0 Å². The first-order valence-electron chi connectivity index (χ1n) is 7.29. The van der Waals surface area contributed by atoms with Gasteiger partial charge in [-0.3, -0.25) is 10.3 Å². The monoisotopic (exact) mass is 371 g/mol. The first-order chi connectivity index (χ1) is 11.1. The number of aromatic nitrogens is 3. The van der Waals surface area contributed by atoms with E-state index in [4.69, 9.17) is 0 Å². The number of carbonyl (C=O) groups is 1. The van der Waals surface area contributed by atoms with E-state index >= 15 is 0 Å². The second-order valence-corrected chi connectivity index (χ2v) is 6.56. The maximum absolute atomic E-state index is 12.3. The number of hydrogen-bond donors (Lipinski definition) is 2. The number of rotatable bonds is 3. The van der Waals surface area contributed by atoms with Crippen LogP contribution in [-0.4, -0.2) is 20.4 Å². The molecule has 0 radical (unpaired) electrons. The second-order valence-electron chi connectivity index (χ2n) is 5.64. The zero-order chi connectivity index (χ0) is 15.9. The lowest BCUT2D eigenvalue weighted by atomic mass is 10.1. The molecule has 0 aromatic carbocycles. The van der Waals surface area contributed by atoms with E-state index in [9.17, 15) is 4.79 Å². The normalized spacial score (nSPS) is 15.3. The molecule has 0 bridgehead atoms. The molecule has 23 heavy (non-hydrogen) atoms. The van der Waals surface area contributed by atoms with Crippen molar-refractivity contribution in [1.29, 1.82) is 0 Å². The van der Waals surface area contributed by atoms with Crippen LogP contribution in [0.25, 0.3) is 5.65 Å². The molecule has 4 rings (SSSR count). The average molecular weight is 372 g/mol. The first-order valence-corrected chi connectivity index (χ1v) is 8.08. The molecule has 0 saturated heterocycles. The standard InChI is InChI=1S/C16H14BrN5O/c17-12-3-4-14-19-13(10-22(14)9-12)20-15(23)21-16(5-6-16)11-2-1-7-18-8-11/h1-4,7-10H,5-6H2,(H2,20,21,23). The Kier molecular flexibility index (Phi) is 3.30. The van der Waals surface area contributed by atoms with Gasteiger partial charge in [-0.2, -0.15) is 0 Å². The maximum atomic E-state index is 12.3. The number of nitrogens with one attached hydrogen (secondary N) is 2. The molecule has 3 aromatic heterocycles. The summed E-state index contributed by atoms with van der Waals surface area (Å²) < 4.78 is 2.81. The Bertz CT molecular complexity index is 873. The van der Waals surface area contributed by atoms with Crippen LogP contribution in [-0.2, 0) is 5.54 Å². The SMILES string of the molecule is O=C(Nc1cn2cc(Br)ccc2n1)NC1(c2cccnc2)CC1. The molecule has 0 atom stereocenters. The Hall–Kier alpha value is -2.41. The van der Waals surface area contributed by atoms with Gasteiger partial charge in [0, 0.05) is 23.1 Å². The van der Waals surface area contributed by atoms with Gasteiger partial charge in [-0.05, 0) is 52.5 Å². The van der Waals surface area contributed by atoms with Gasteiger partial charge in [0.05, 0.1) is 11.7 Å². The number of amides is 2. The molecule has 1 aliphatic rings. The molecule has 1 fully saturated rings. The Labute approximate surface area is 141 Å². The zero-order valence-corrected chi connectivity index (χ0v) is 13.7. The minimum Gasteiger partial charge on any atom is -0.328 e. The molecule has 116 valence electrons. The van der Waals surface area contributed by atoms with Gasteiger partial charge in [0.1, 0.15) is 5.65 Å². The summed E-state index contributed by atoms with van der Waals surface area (Å²) in [5.74, 6) is 0.516. The van der Waals surface area contributed by atoms with Crippen molar-refractivity contribution in [3.63, 3.8) is 0 Å². The Morgan fingerprint density at radius 3 is 2.87 bits per heavy atom. The van der Waals surface area contributed by atoms with Crippen molar-refractivity contribution in [2.75, 3.05) is 5.32 Å². The van der Waals surface area contributed by atoms with Gasteiger partial charge in [-0.15, -0.1) is 0 Å². The highest BCUT2D eigenvalue weighted by atomic mass is 79.9. The minimum absolute atomic E-state index is 0.256. The fraction of sp³-hybridized carbons (Fsp3) is 0.188. The van der Waals surface area contributed by atoms with E-state index in [1.54, 1.807) is 18.6 Å². The third kappa shape index (κ3) is 2.79. The number of hydrogen-bond acceptors (Lipinski definition) is 3. The van der Waals surface area contributed by atoms with E-state index in [-0.39, 0.29) is 11.6 Å². The van der Waals surface area contributed by atoms with Crippen molar-refractivity contribution in [3.8, 4) is 0 Å². The van der Waals surface area contributed by atoms with E-state index in [0.717, 1.165) is 28.5 Å². The van der Waals surface area contributed by atoms with Crippen LogP contribution in [0, 0.1) is 0 Å². The van der Waals surface area contributed by atoms with E-state index in [0.29, 0.717) is 5.82 Å². The minimum atomic E-state index is -0.291. The number of pyridine rings is 2. The number of fused-ring (bicyclic) bond motifs is 1. The van der Waals surface area contributed by atoms with Gasteiger partial charge in [-0.1, -0.05) is 6.07 Å². The number of nitrogens with zero attached hydrogens (tertiary/aromatic N) is 3. The predicted octanol–water partition coefficient (Wildman–Crippen LogP) is 3.30. The first kappa shape index (κ1) is 14.2. The summed E-state index contributed by atoms with van der Waals surface area (Å²) in [4.78, 5) is 20.8. The average Bonchev–Trinajstić information content (AvgIpc) is 3.21. The molecule has 2 N–H and O–H groups in total. The molecule has 1 saturated carbocycles. The van der Waals surface area contributed by atoms with Crippen LogP contribution in [0.15, 0.2) is 53.5 Å². The van der Waals surface area contributed by atoms with Gasteiger partial charge >= 0.3 is 6.03 Å². The van der Waals surface area contributed by atoms with Crippen molar-refractivity contribution in [2.45, 2.75) is 18.4 Å². The number of halogens is 1. The quantitative estimate of drug-likeness (QED) is 0.741. The second kappa shape index (κ2) is 5.34. The molecule has 0 aliphatic heterocycles. The molecular weight excluding hydrogens is 358 g/mol. The largest absolute Gasteiger partial charge is 0.328 e. The molecule has 2 amide bonds. The van der Waals surface area contributed by atoms with Gasteiger partial charge in [-0.25, -0.2) is 9.78 Å². The van der Waals surface area contributed by atoms with Crippen molar-refractivity contribution in [3.05, 3.63) is 59.1 Å². The van der Waals surface area contributed by atoms with Crippen LogP contribution >= 0.6 is 15.9 Å². The predicted molar refractivity (Wildman–Crippen MR) is 90.2 cm³/mol. The third-order valence-electron chi connectivity index (χ3n) is 3.97. The lowest BCUT2D eigenvalue weighted by molar-refractivity contribution is 0.247. The molecular formula is C16H14BrN5O. The van der Waals surface area contributed by atoms with Crippen molar-refractivity contribution in [1.82, 2.24) is 19.7 Å². The Balaban J connectivity index is 1.49. The van der Waals surface area contributed by atoms with E-state index in [1.807, 2.05) is 34.9 Å². The van der Waals surface area contributed by atoms with Gasteiger partial charge < -0.3 is 9.72 Å². The summed E-state index contributed by atoms with van der Waals surface area (Å²) in [7, 11) is 0. The van der Waals surface area contributed by atoms with E-state index in [1.165, 1.54) is 0 Å². The molecule has 1 aliphatic carbocycles. The summed E-state index contributed by atoms with van der Waals surface area (Å²) in [6.45, 7) is 0. The van der Waals surface area contributed by atoms with Crippen LogP contribution in [0.3, 0.4) is 0 Å². The molecule has 3 aromatic rings. The Morgan fingerprint density at radius 1 is 1.26 bits per heavy atom. The summed E-state index contributed by atoms with van der Waals surface area (Å²) in [6.07, 6.45) is 9.05. The highest BCUT2D eigenvalue weighted by Gasteiger charge is 2.46. The zero-order valence-electron chi connectivity index (χ0n) is 12.2. The number of urea groups is 1. The van der Waals surface area contributed by atoms with Gasteiger partial charge in [0.15, 0.2) is 5.82 Å². The number of carbonyl (C=O) groups excluding carboxylic acids is 1. The van der Waals surface area contributed by atoms with Gasteiger partial charge in [0.2, 0.25) is 0 Å². The smallest absolute Gasteiger partial charge is 0.321 e. The maximum Gasteiger partial charge on any atom is 0.321 e. The number of imidazole rings is 1. The highest BCUT2D eigenvalue weighted by Crippen LogP contribution is 2.45. The van der Waals surface area contributed by atoms with Crippen LogP contribution in [0.1, 0.15) is 18.4 Å².